The van der Waals surface area contributed by atoms with E-state index in [1.807, 2.05) is 0 Å². The van der Waals surface area contributed by atoms with Gasteiger partial charge in [-0.15, -0.1) is 0 Å². The van der Waals surface area contributed by atoms with Gasteiger partial charge in [-0.2, -0.15) is 0 Å². The number of rotatable bonds is 2. The second kappa shape index (κ2) is 4.38. The topological polar surface area (TPSA) is 23.5 Å². The molecule has 2 aliphatic rings. The van der Waals surface area contributed by atoms with Crippen molar-refractivity contribution < 1.29 is 5.11 Å². The van der Waals surface area contributed by atoms with Crippen LogP contribution in [0.5, 0.6) is 0 Å². The lowest BCUT2D eigenvalue weighted by molar-refractivity contribution is -0.0438. The summed E-state index contributed by atoms with van der Waals surface area (Å²) < 4.78 is 1.10. The summed E-state index contributed by atoms with van der Waals surface area (Å²) in [5.41, 5.74) is 0.775. The molecule has 2 aliphatic heterocycles. The SMILES string of the molecule is OC1(Cc2ccc(Br)cc2)CCN2CCC1C2. The fourth-order valence-corrected chi connectivity index (χ4v) is 3.48. The van der Waals surface area contributed by atoms with Crippen LogP contribution in [0.4, 0.5) is 0 Å². The van der Waals surface area contributed by atoms with Gasteiger partial charge in [0.25, 0.3) is 0 Å². The van der Waals surface area contributed by atoms with E-state index >= 15 is 0 Å². The van der Waals surface area contributed by atoms with Gasteiger partial charge in [0.05, 0.1) is 5.60 Å². The van der Waals surface area contributed by atoms with Crippen molar-refractivity contribution in [3.63, 3.8) is 0 Å². The Hall–Kier alpha value is -0.380. The summed E-state index contributed by atoms with van der Waals surface area (Å²) in [4.78, 5) is 2.47. The van der Waals surface area contributed by atoms with E-state index in [4.69, 9.17) is 0 Å². The Morgan fingerprint density at radius 1 is 1.29 bits per heavy atom. The van der Waals surface area contributed by atoms with Crippen LogP contribution in [-0.4, -0.2) is 35.2 Å². The van der Waals surface area contributed by atoms with E-state index in [2.05, 4.69) is 45.1 Å². The Morgan fingerprint density at radius 2 is 2.06 bits per heavy atom. The summed E-state index contributed by atoms with van der Waals surface area (Å²) in [6.07, 6.45) is 2.89. The van der Waals surface area contributed by atoms with Crippen molar-refractivity contribution in [3.8, 4) is 0 Å². The summed E-state index contributed by atoms with van der Waals surface area (Å²) in [7, 11) is 0. The molecule has 2 saturated heterocycles. The molecule has 0 amide bonds. The summed E-state index contributed by atoms with van der Waals surface area (Å²) in [6, 6.07) is 8.34. The van der Waals surface area contributed by atoms with Gasteiger partial charge in [0, 0.05) is 29.9 Å². The van der Waals surface area contributed by atoms with Crippen LogP contribution in [0.15, 0.2) is 28.7 Å². The zero-order chi connectivity index (χ0) is 11.9. The third kappa shape index (κ3) is 2.28. The Bertz CT molecular complexity index is 405. The van der Waals surface area contributed by atoms with Gasteiger partial charge in [-0.3, -0.25) is 0 Å². The van der Waals surface area contributed by atoms with Crippen LogP contribution < -0.4 is 0 Å². The molecule has 0 saturated carbocycles. The molecule has 0 radical (unpaired) electrons. The zero-order valence-corrected chi connectivity index (χ0v) is 11.5. The molecule has 3 heteroatoms. The molecule has 2 fully saturated rings. The van der Waals surface area contributed by atoms with Crippen LogP contribution >= 0.6 is 15.9 Å². The smallest absolute Gasteiger partial charge is 0.0740 e. The zero-order valence-electron chi connectivity index (χ0n) is 9.90. The van der Waals surface area contributed by atoms with Gasteiger partial charge in [0.2, 0.25) is 0 Å². The molecule has 17 heavy (non-hydrogen) atoms. The second-order valence-electron chi connectivity index (χ2n) is 5.44. The first-order valence-electron chi connectivity index (χ1n) is 6.35. The molecule has 3 atom stereocenters. The highest BCUT2D eigenvalue weighted by molar-refractivity contribution is 9.10. The number of aliphatic hydroxyl groups is 1. The lowest BCUT2D eigenvalue weighted by Crippen LogP contribution is -2.47. The number of halogens is 1. The van der Waals surface area contributed by atoms with Crippen molar-refractivity contribution in [2.75, 3.05) is 19.6 Å². The number of piperidine rings is 1. The maximum atomic E-state index is 10.8. The van der Waals surface area contributed by atoms with Gasteiger partial charge in [-0.05, 0) is 37.1 Å². The molecular formula is C14H18BrNO. The predicted molar refractivity (Wildman–Crippen MR) is 72.0 cm³/mol. The van der Waals surface area contributed by atoms with Gasteiger partial charge in [0.15, 0.2) is 0 Å². The average Bonchev–Trinajstić information content (AvgIpc) is 2.74. The van der Waals surface area contributed by atoms with Crippen molar-refractivity contribution in [2.24, 2.45) is 5.92 Å². The van der Waals surface area contributed by atoms with Gasteiger partial charge >= 0.3 is 0 Å². The number of nitrogens with zero attached hydrogens (tertiary/aromatic N) is 1. The molecule has 2 nitrogen and oxygen atoms in total. The molecule has 0 spiro atoms. The third-order valence-electron chi connectivity index (χ3n) is 4.32. The lowest BCUT2D eigenvalue weighted by Gasteiger charge is -2.39. The Kier molecular flexibility index (Phi) is 3.01. The maximum absolute atomic E-state index is 10.8. The molecular weight excluding hydrogens is 278 g/mol. The van der Waals surface area contributed by atoms with Crippen molar-refractivity contribution in [1.82, 2.24) is 4.90 Å². The number of hydrogen-bond donors (Lipinski definition) is 1. The van der Waals surface area contributed by atoms with E-state index in [0.29, 0.717) is 5.92 Å². The molecule has 1 aromatic rings. The summed E-state index contributed by atoms with van der Waals surface area (Å²) in [5.74, 6) is 0.472. The molecule has 1 N–H and O–H groups in total. The van der Waals surface area contributed by atoms with E-state index in [1.54, 1.807) is 0 Å². The van der Waals surface area contributed by atoms with E-state index in [-0.39, 0.29) is 0 Å². The fourth-order valence-electron chi connectivity index (χ4n) is 3.22. The highest BCUT2D eigenvalue weighted by Crippen LogP contribution is 2.37. The van der Waals surface area contributed by atoms with Gasteiger partial charge < -0.3 is 10.0 Å². The number of benzene rings is 1. The maximum Gasteiger partial charge on any atom is 0.0740 e. The molecule has 2 bridgehead atoms. The van der Waals surface area contributed by atoms with Crippen LogP contribution in [0.25, 0.3) is 0 Å². The largest absolute Gasteiger partial charge is 0.389 e. The molecule has 3 rings (SSSR count). The highest BCUT2D eigenvalue weighted by Gasteiger charge is 2.44. The normalized spacial score (nSPS) is 36.1. The minimum Gasteiger partial charge on any atom is -0.389 e. The Labute approximate surface area is 111 Å². The van der Waals surface area contributed by atoms with E-state index < -0.39 is 5.60 Å². The molecule has 2 heterocycles. The van der Waals surface area contributed by atoms with Crippen molar-refractivity contribution in [1.29, 1.82) is 0 Å². The Balaban J connectivity index is 1.77. The average molecular weight is 296 g/mol. The molecule has 92 valence electrons. The van der Waals surface area contributed by atoms with Gasteiger partial charge in [0.1, 0.15) is 0 Å². The lowest BCUT2D eigenvalue weighted by atomic mass is 9.78. The number of hydrogen-bond acceptors (Lipinski definition) is 2. The van der Waals surface area contributed by atoms with E-state index in [9.17, 15) is 5.11 Å². The third-order valence-corrected chi connectivity index (χ3v) is 4.85. The van der Waals surface area contributed by atoms with Gasteiger partial charge in [-0.1, -0.05) is 28.1 Å². The number of fused-ring (bicyclic) bond motifs is 2. The van der Waals surface area contributed by atoms with E-state index in [1.165, 1.54) is 12.1 Å². The van der Waals surface area contributed by atoms with Crippen LogP contribution in [0.2, 0.25) is 0 Å². The van der Waals surface area contributed by atoms with Crippen molar-refractivity contribution in [3.05, 3.63) is 34.3 Å². The summed E-state index contributed by atoms with van der Waals surface area (Å²) in [5, 5.41) is 10.8. The van der Waals surface area contributed by atoms with Crippen molar-refractivity contribution >= 4 is 15.9 Å². The quantitative estimate of drug-likeness (QED) is 0.906. The minimum atomic E-state index is -0.471. The highest BCUT2D eigenvalue weighted by atomic mass is 79.9. The predicted octanol–water partition coefficient (Wildman–Crippen LogP) is 2.45. The molecule has 3 unspecified atom stereocenters. The molecule has 0 aromatic heterocycles. The fraction of sp³-hybridized carbons (Fsp3) is 0.571. The first-order chi connectivity index (χ1) is 8.16. The van der Waals surface area contributed by atoms with Crippen LogP contribution in [-0.2, 0) is 6.42 Å². The first-order valence-corrected chi connectivity index (χ1v) is 7.14. The van der Waals surface area contributed by atoms with Crippen LogP contribution in [0.1, 0.15) is 18.4 Å². The minimum absolute atomic E-state index is 0.471. The monoisotopic (exact) mass is 295 g/mol. The van der Waals surface area contributed by atoms with Crippen LogP contribution in [0, 0.1) is 5.92 Å². The Morgan fingerprint density at radius 3 is 2.82 bits per heavy atom. The van der Waals surface area contributed by atoms with Gasteiger partial charge in [-0.25, -0.2) is 0 Å². The van der Waals surface area contributed by atoms with Crippen molar-refractivity contribution in [2.45, 2.75) is 24.9 Å². The van der Waals surface area contributed by atoms with Crippen LogP contribution in [0.3, 0.4) is 0 Å². The summed E-state index contributed by atoms with van der Waals surface area (Å²) >= 11 is 3.45. The first kappa shape index (κ1) is 11.7. The van der Waals surface area contributed by atoms with E-state index in [0.717, 1.165) is 36.8 Å². The standard InChI is InChI=1S/C14H18BrNO/c15-13-3-1-11(2-4-13)9-14(17)6-8-16-7-5-12(14)10-16/h1-4,12,17H,5-10H2. The second-order valence-corrected chi connectivity index (χ2v) is 6.36. The molecule has 0 aliphatic carbocycles. The summed E-state index contributed by atoms with van der Waals surface area (Å²) in [6.45, 7) is 3.32. The molecule has 1 aromatic carbocycles.